The Kier molecular flexibility index (Phi) is 3.49. The lowest BCUT2D eigenvalue weighted by atomic mass is 10.1. The van der Waals surface area contributed by atoms with Crippen LogP contribution in [-0.2, 0) is 0 Å². The highest BCUT2D eigenvalue weighted by Crippen LogP contribution is 2.34. The van der Waals surface area contributed by atoms with Crippen LogP contribution in [0, 0.1) is 0 Å². The first-order chi connectivity index (χ1) is 12.0. The predicted molar refractivity (Wildman–Crippen MR) is 93.5 cm³/mol. The minimum Gasteiger partial charge on any atom is -0.454 e. The molecule has 128 valence electrons. The highest BCUT2D eigenvalue weighted by molar-refractivity contribution is 6.06. The van der Waals surface area contributed by atoms with E-state index in [-0.39, 0.29) is 24.4 Å². The van der Waals surface area contributed by atoms with E-state index in [4.69, 9.17) is 9.47 Å². The summed E-state index contributed by atoms with van der Waals surface area (Å²) in [6.07, 6.45) is 0. The maximum absolute atomic E-state index is 12.5. The number of fused-ring (bicyclic) bond motifs is 2. The summed E-state index contributed by atoms with van der Waals surface area (Å²) in [5.74, 6) is 0.998. The number of aromatic amines is 1. The third-order valence-electron chi connectivity index (χ3n) is 4.13. The third-order valence-corrected chi connectivity index (χ3v) is 4.13. The fraction of sp³-hybridized carbons (Fsp3) is 0.222. The maximum Gasteiger partial charge on any atom is 0.326 e. The maximum atomic E-state index is 12.5. The van der Waals surface area contributed by atoms with Gasteiger partial charge in [-0.15, -0.1) is 0 Å². The van der Waals surface area contributed by atoms with E-state index in [1.165, 1.54) is 0 Å². The summed E-state index contributed by atoms with van der Waals surface area (Å²) < 4.78 is 12.2. The monoisotopic (exact) mass is 339 g/mol. The molecule has 2 N–H and O–H groups in total. The van der Waals surface area contributed by atoms with E-state index >= 15 is 0 Å². The Morgan fingerprint density at radius 1 is 1.16 bits per heavy atom. The molecule has 25 heavy (non-hydrogen) atoms. The standard InChI is InChI=1S/C18H17N3O4/c1-10(2)21-14-5-3-11(7-13(14)20-18(21)23)17(22)19-12-4-6-15-16(8-12)25-9-24-15/h3-8,10H,9H2,1-2H3,(H,19,22)(H,20,23). The molecule has 0 fully saturated rings. The molecule has 1 aliphatic rings. The van der Waals surface area contributed by atoms with Gasteiger partial charge in [0.2, 0.25) is 6.79 Å². The van der Waals surface area contributed by atoms with E-state index < -0.39 is 0 Å². The van der Waals surface area contributed by atoms with Gasteiger partial charge in [0.15, 0.2) is 11.5 Å². The zero-order valence-corrected chi connectivity index (χ0v) is 13.8. The number of nitrogens with one attached hydrogen (secondary N) is 2. The molecule has 1 aromatic heterocycles. The van der Waals surface area contributed by atoms with Crippen LogP contribution in [0.15, 0.2) is 41.2 Å². The normalized spacial score (nSPS) is 12.8. The van der Waals surface area contributed by atoms with Crippen LogP contribution < -0.4 is 20.5 Å². The van der Waals surface area contributed by atoms with Crippen molar-refractivity contribution in [1.29, 1.82) is 0 Å². The Labute approximate surface area is 143 Å². The average molecular weight is 339 g/mol. The van der Waals surface area contributed by atoms with Crippen LogP contribution in [-0.4, -0.2) is 22.3 Å². The van der Waals surface area contributed by atoms with Crippen molar-refractivity contribution in [2.45, 2.75) is 19.9 Å². The number of imidazole rings is 1. The average Bonchev–Trinajstić information content (AvgIpc) is 3.16. The lowest BCUT2D eigenvalue weighted by Gasteiger charge is -2.08. The van der Waals surface area contributed by atoms with E-state index in [2.05, 4.69) is 10.3 Å². The summed E-state index contributed by atoms with van der Waals surface area (Å²) >= 11 is 0. The molecule has 1 aliphatic heterocycles. The van der Waals surface area contributed by atoms with Crippen LogP contribution in [0.2, 0.25) is 0 Å². The fourth-order valence-corrected chi connectivity index (χ4v) is 2.96. The molecule has 3 aromatic rings. The van der Waals surface area contributed by atoms with Crippen LogP contribution in [0.5, 0.6) is 11.5 Å². The van der Waals surface area contributed by atoms with Crippen molar-refractivity contribution in [2.75, 3.05) is 12.1 Å². The molecule has 1 amide bonds. The number of nitrogens with zero attached hydrogens (tertiary/aromatic N) is 1. The van der Waals surface area contributed by atoms with Gasteiger partial charge in [0.25, 0.3) is 5.91 Å². The molecule has 0 unspecified atom stereocenters. The SMILES string of the molecule is CC(C)n1c(=O)[nH]c2cc(C(=O)Nc3ccc4c(c3)OCO4)ccc21. The van der Waals surface area contributed by atoms with E-state index in [9.17, 15) is 9.59 Å². The minimum atomic E-state index is -0.265. The summed E-state index contributed by atoms with van der Waals surface area (Å²) in [7, 11) is 0. The molecule has 0 saturated carbocycles. The predicted octanol–water partition coefficient (Wildman–Crippen LogP) is 2.89. The zero-order chi connectivity index (χ0) is 17.6. The second-order valence-corrected chi connectivity index (χ2v) is 6.15. The number of carbonyl (C=O) groups excluding carboxylic acids is 1. The molecular weight excluding hydrogens is 322 g/mol. The van der Waals surface area contributed by atoms with Crippen molar-refractivity contribution >= 4 is 22.6 Å². The van der Waals surface area contributed by atoms with Crippen molar-refractivity contribution in [2.24, 2.45) is 0 Å². The van der Waals surface area contributed by atoms with E-state index in [1.807, 2.05) is 13.8 Å². The molecule has 0 bridgehead atoms. The van der Waals surface area contributed by atoms with Crippen LogP contribution in [0.25, 0.3) is 11.0 Å². The molecule has 0 atom stereocenters. The van der Waals surface area contributed by atoms with Crippen LogP contribution in [0.4, 0.5) is 5.69 Å². The molecule has 0 spiro atoms. The Morgan fingerprint density at radius 2 is 1.96 bits per heavy atom. The number of ether oxygens (including phenoxy) is 2. The van der Waals surface area contributed by atoms with Crippen molar-refractivity contribution in [3.8, 4) is 11.5 Å². The first kappa shape index (κ1) is 15.3. The third kappa shape index (κ3) is 2.63. The Morgan fingerprint density at radius 3 is 2.76 bits per heavy atom. The molecule has 4 rings (SSSR count). The fourth-order valence-electron chi connectivity index (χ4n) is 2.96. The topological polar surface area (TPSA) is 85.4 Å². The Hall–Kier alpha value is -3.22. The first-order valence-electron chi connectivity index (χ1n) is 7.98. The van der Waals surface area contributed by atoms with E-state index in [1.54, 1.807) is 41.0 Å². The molecule has 0 aliphatic carbocycles. The molecule has 0 radical (unpaired) electrons. The lowest BCUT2D eigenvalue weighted by Crippen LogP contribution is -2.18. The number of hydrogen-bond donors (Lipinski definition) is 2. The number of hydrogen-bond acceptors (Lipinski definition) is 4. The minimum absolute atomic E-state index is 0.0366. The number of benzene rings is 2. The number of carbonyl (C=O) groups is 1. The van der Waals surface area contributed by atoms with Crippen LogP contribution in [0.1, 0.15) is 30.2 Å². The van der Waals surface area contributed by atoms with Crippen molar-refractivity contribution in [1.82, 2.24) is 9.55 Å². The molecule has 7 nitrogen and oxygen atoms in total. The van der Waals surface area contributed by atoms with Crippen molar-refractivity contribution < 1.29 is 14.3 Å². The van der Waals surface area contributed by atoms with Gasteiger partial charge in [-0.25, -0.2) is 4.79 Å². The number of H-pyrrole nitrogens is 1. The van der Waals surface area contributed by atoms with Gasteiger partial charge < -0.3 is 19.8 Å². The quantitative estimate of drug-likeness (QED) is 0.768. The summed E-state index contributed by atoms with van der Waals surface area (Å²) in [5.41, 5.74) is 2.31. The smallest absolute Gasteiger partial charge is 0.326 e. The summed E-state index contributed by atoms with van der Waals surface area (Å²) in [6, 6.07) is 10.4. The highest BCUT2D eigenvalue weighted by Gasteiger charge is 2.16. The van der Waals surface area contributed by atoms with Crippen molar-refractivity contribution in [3.05, 3.63) is 52.4 Å². The second-order valence-electron chi connectivity index (χ2n) is 6.15. The second kappa shape index (κ2) is 5.70. The largest absolute Gasteiger partial charge is 0.454 e. The van der Waals surface area contributed by atoms with Gasteiger partial charge in [0.05, 0.1) is 11.0 Å². The molecule has 2 aromatic carbocycles. The summed E-state index contributed by atoms with van der Waals surface area (Å²) in [5, 5.41) is 2.82. The zero-order valence-electron chi connectivity index (χ0n) is 13.8. The van der Waals surface area contributed by atoms with Gasteiger partial charge in [0.1, 0.15) is 0 Å². The lowest BCUT2D eigenvalue weighted by molar-refractivity contribution is 0.102. The number of aromatic nitrogens is 2. The summed E-state index contributed by atoms with van der Waals surface area (Å²) in [4.78, 5) is 27.3. The number of anilines is 1. The van der Waals surface area contributed by atoms with Crippen LogP contribution >= 0.6 is 0 Å². The van der Waals surface area contributed by atoms with Gasteiger partial charge in [-0.3, -0.25) is 9.36 Å². The van der Waals surface area contributed by atoms with E-state index in [0.717, 1.165) is 5.52 Å². The Balaban J connectivity index is 1.63. The highest BCUT2D eigenvalue weighted by atomic mass is 16.7. The summed E-state index contributed by atoms with van der Waals surface area (Å²) in [6.45, 7) is 4.06. The number of rotatable bonds is 3. The molecule has 0 saturated heterocycles. The van der Waals surface area contributed by atoms with Gasteiger partial charge >= 0.3 is 5.69 Å². The molecular formula is C18H17N3O4. The van der Waals surface area contributed by atoms with Gasteiger partial charge in [-0.05, 0) is 44.2 Å². The van der Waals surface area contributed by atoms with Crippen molar-refractivity contribution in [3.63, 3.8) is 0 Å². The van der Waals surface area contributed by atoms with E-state index in [0.29, 0.717) is 28.3 Å². The van der Waals surface area contributed by atoms with Gasteiger partial charge in [-0.2, -0.15) is 0 Å². The Bertz CT molecular complexity index is 1030. The van der Waals surface area contributed by atoms with Crippen LogP contribution in [0.3, 0.4) is 0 Å². The molecule has 7 heteroatoms. The first-order valence-corrected chi connectivity index (χ1v) is 7.98. The molecule has 2 heterocycles. The van der Waals surface area contributed by atoms with Gasteiger partial charge in [-0.1, -0.05) is 0 Å². The van der Waals surface area contributed by atoms with Gasteiger partial charge in [0, 0.05) is 23.4 Å². The number of amides is 1.